The second kappa shape index (κ2) is 6.88. The van der Waals surface area contributed by atoms with E-state index < -0.39 is 0 Å². The average Bonchev–Trinajstić information content (AvgIpc) is 2.50. The highest BCUT2D eigenvalue weighted by Crippen LogP contribution is 2.34. The van der Waals surface area contributed by atoms with Crippen LogP contribution in [0.25, 0.3) is 0 Å². The second-order valence-electron chi connectivity index (χ2n) is 6.17. The van der Waals surface area contributed by atoms with E-state index in [0.29, 0.717) is 12.0 Å². The Morgan fingerprint density at radius 2 is 2.10 bits per heavy atom. The van der Waals surface area contributed by atoms with Gasteiger partial charge in [-0.2, -0.15) is 12.6 Å². The smallest absolute Gasteiger partial charge is 0.0699 e. The van der Waals surface area contributed by atoms with Crippen molar-refractivity contribution < 1.29 is 0 Å². The second-order valence-corrected chi connectivity index (χ2v) is 7.21. The Hall–Kier alpha value is -0.260. The molecule has 0 saturated heterocycles. The van der Waals surface area contributed by atoms with E-state index in [1.54, 1.807) is 0 Å². The predicted octanol–water partition coefficient (Wildman–Crippen LogP) is 2.31. The summed E-state index contributed by atoms with van der Waals surface area (Å²) in [6, 6.07) is 0.611. The molecule has 0 aromatic heterocycles. The maximum atomic E-state index is 6.26. The minimum atomic E-state index is -0.0211. The molecule has 5 atom stereocenters. The van der Waals surface area contributed by atoms with Crippen molar-refractivity contribution in [1.82, 2.24) is 10.6 Å². The summed E-state index contributed by atoms with van der Waals surface area (Å²) >= 11 is 10.8. The highest BCUT2D eigenvalue weighted by atomic mass is 35.5. The predicted molar refractivity (Wildman–Crippen MR) is 92.6 cm³/mol. The normalized spacial score (nSPS) is 40.6. The maximum Gasteiger partial charge on any atom is 0.0699 e. The summed E-state index contributed by atoms with van der Waals surface area (Å²) in [6.07, 6.45) is 13.1. The van der Waals surface area contributed by atoms with Crippen LogP contribution < -0.4 is 16.4 Å². The Bertz CT molecular complexity index is 474. The molecule has 0 fully saturated rings. The van der Waals surface area contributed by atoms with Crippen molar-refractivity contribution >= 4 is 24.2 Å². The van der Waals surface area contributed by atoms with E-state index >= 15 is 0 Å². The first-order chi connectivity index (χ1) is 10.1. The van der Waals surface area contributed by atoms with Crippen LogP contribution in [-0.4, -0.2) is 30.0 Å². The Kier molecular flexibility index (Phi) is 5.12. The van der Waals surface area contributed by atoms with Crippen LogP contribution in [0.1, 0.15) is 25.7 Å². The molecule has 116 valence electrons. The van der Waals surface area contributed by atoms with Gasteiger partial charge in [-0.25, -0.2) is 0 Å². The molecule has 5 unspecified atom stereocenters. The molecule has 0 aromatic rings. The van der Waals surface area contributed by atoms with E-state index in [4.69, 9.17) is 17.3 Å². The molecular weight excluding hydrogens is 302 g/mol. The third-order valence-electron chi connectivity index (χ3n) is 4.68. The van der Waals surface area contributed by atoms with E-state index in [1.165, 1.54) is 12.0 Å². The van der Waals surface area contributed by atoms with E-state index in [9.17, 15) is 0 Å². The molecule has 4 N–H and O–H groups in total. The zero-order valence-electron chi connectivity index (χ0n) is 12.1. The van der Waals surface area contributed by atoms with Gasteiger partial charge < -0.3 is 11.1 Å². The molecule has 0 amide bonds. The van der Waals surface area contributed by atoms with Gasteiger partial charge in [0.15, 0.2) is 0 Å². The van der Waals surface area contributed by atoms with Crippen LogP contribution in [0.5, 0.6) is 0 Å². The van der Waals surface area contributed by atoms with Gasteiger partial charge in [0, 0.05) is 23.2 Å². The van der Waals surface area contributed by atoms with Gasteiger partial charge in [-0.3, -0.25) is 5.32 Å². The van der Waals surface area contributed by atoms with Crippen molar-refractivity contribution in [3.63, 3.8) is 0 Å². The van der Waals surface area contributed by atoms with Crippen molar-refractivity contribution in [1.29, 1.82) is 0 Å². The van der Waals surface area contributed by atoms with Crippen molar-refractivity contribution in [2.24, 2.45) is 11.7 Å². The summed E-state index contributed by atoms with van der Waals surface area (Å²) in [7, 11) is 0. The van der Waals surface area contributed by atoms with Gasteiger partial charge in [0.25, 0.3) is 0 Å². The van der Waals surface area contributed by atoms with Crippen LogP contribution in [-0.2, 0) is 0 Å². The third kappa shape index (κ3) is 3.57. The molecule has 0 radical (unpaired) electrons. The number of nitrogens with one attached hydrogen (secondary N) is 2. The Morgan fingerprint density at radius 3 is 2.86 bits per heavy atom. The average molecular weight is 326 g/mol. The van der Waals surface area contributed by atoms with Crippen molar-refractivity contribution in [3.05, 3.63) is 34.9 Å². The zero-order chi connectivity index (χ0) is 14.8. The largest absolute Gasteiger partial charge is 0.322 e. The summed E-state index contributed by atoms with van der Waals surface area (Å²) < 4.78 is 0. The monoisotopic (exact) mass is 325 g/mol. The lowest BCUT2D eigenvalue weighted by Gasteiger charge is -2.39. The molecule has 5 heteroatoms. The lowest BCUT2D eigenvalue weighted by atomic mass is 9.79. The summed E-state index contributed by atoms with van der Waals surface area (Å²) in [5, 5.41) is 8.24. The highest BCUT2D eigenvalue weighted by Gasteiger charge is 2.33. The summed E-state index contributed by atoms with van der Waals surface area (Å²) in [5.74, 6) is 0.582. The number of halogens is 1. The van der Waals surface area contributed by atoms with Crippen molar-refractivity contribution in [2.45, 2.75) is 49.2 Å². The molecule has 0 saturated carbocycles. The maximum absolute atomic E-state index is 6.26. The lowest BCUT2D eigenvalue weighted by molar-refractivity contribution is 0.337. The number of rotatable bonds is 2. The van der Waals surface area contributed by atoms with E-state index in [1.807, 2.05) is 0 Å². The summed E-state index contributed by atoms with van der Waals surface area (Å²) in [5.41, 5.74) is 7.41. The first kappa shape index (κ1) is 15.6. The van der Waals surface area contributed by atoms with Crippen LogP contribution in [0.4, 0.5) is 0 Å². The van der Waals surface area contributed by atoms with Crippen LogP contribution >= 0.6 is 24.2 Å². The minimum Gasteiger partial charge on any atom is -0.322 e. The summed E-state index contributed by atoms with van der Waals surface area (Å²) in [4.78, 5) is 0. The number of allylic oxidation sites excluding steroid dienone is 2. The molecule has 3 rings (SSSR count). The van der Waals surface area contributed by atoms with Gasteiger partial charge >= 0.3 is 0 Å². The molecule has 3 nitrogen and oxygen atoms in total. The molecule has 0 spiro atoms. The molecule has 2 heterocycles. The fourth-order valence-electron chi connectivity index (χ4n) is 3.56. The van der Waals surface area contributed by atoms with E-state index in [-0.39, 0.29) is 17.5 Å². The van der Waals surface area contributed by atoms with Crippen LogP contribution in [0.3, 0.4) is 0 Å². The third-order valence-corrected chi connectivity index (χ3v) is 5.48. The molecule has 0 bridgehead atoms. The number of hydrogen-bond acceptors (Lipinski definition) is 4. The van der Waals surface area contributed by atoms with Gasteiger partial charge in [-0.15, -0.1) is 0 Å². The fourth-order valence-corrected chi connectivity index (χ4v) is 4.13. The van der Waals surface area contributed by atoms with Crippen LogP contribution in [0.2, 0.25) is 0 Å². The molecular formula is C16H24ClN3S. The van der Waals surface area contributed by atoms with Gasteiger partial charge in [-0.05, 0) is 43.7 Å². The number of nitrogens with two attached hydrogens (primary N) is 1. The van der Waals surface area contributed by atoms with Crippen LogP contribution in [0, 0.1) is 5.92 Å². The molecule has 0 aromatic carbocycles. The fraction of sp³-hybridized carbons (Fsp3) is 0.625. The minimum absolute atomic E-state index is 0.0123. The molecule has 21 heavy (non-hydrogen) atoms. The van der Waals surface area contributed by atoms with Crippen molar-refractivity contribution in [3.8, 4) is 0 Å². The zero-order valence-corrected chi connectivity index (χ0v) is 13.8. The van der Waals surface area contributed by atoms with Gasteiger partial charge in [0.2, 0.25) is 0 Å². The Morgan fingerprint density at radius 1 is 1.24 bits per heavy atom. The lowest BCUT2D eigenvalue weighted by Crippen LogP contribution is -2.53. The highest BCUT2D eigenvalue weighted by molar-refractivity contribution is 7.81. The van der Waals surface area contributed by atoms with Gasteiger partial charge in [-0.1, -0.05) is 35.9 Å². The van der Waals surface area contributed by atoms with Gasteiger partial charge in [0.05, 0.1) is 5.37 Å². The Labute approximate surface area is 137 Å². The van der Waals surface area contributed by atoms with Crippen molar-refractivity contribution in [2.75, 3.05) is 6.54 Å². The van der Waals surface area contributed by atoms with Gasteiger partial charge in [0.1, 0.15) is 0 Å². The standard InChI is InChI=1S/C16H24ClN3S/c17-11-4-1-3-10(9-11)15-12(5-2-8-19-15)14-7-6-13(18)16(21)20-14/h4-7,10,13-16,19-21H,1-3,8-9,18H2. The molecule has 3 aliphatic rings. The first-order valence-corrected chi connectivity index (χ1v) is 8.70. The first-order valence-electron chi connectivity index (χ1n) is 7.81. The Balaban J connectivity index is 1.77. The molecule has 1 aliphatic carbocycles. The topological polar surface area (TPSA) is 50.1 Å². The molecule has 2 aliphatic heterocycles. The van der Waals surface area contributed by atoms with Crippen LogP contribution in [0.15, 0.2) is 34.9 Å². The summed E-state index contributed by atoms with van der Waals surface area (Å²) in [6.45, 7) is 1.05. The number of hydrogen-bond donors (Lipinski definition) is 4. The quantitative estimate of drug-likeness (QED) is 0.465. The van der Waals surface area contributed by atoms with E-state index in [2.05, 4.69) is 47.6 Å². The SMILES string of the molecule is NC1C=CC(C2=CCCNC2C2CCC=C(Cl)C2)NC1S. The van der Waals surface area contributed by atoms with E-state index in [0.717, 1.165) is 30.8 Å². The number of thiol groups is 1.